The van der Waals surface area contributed by atoms with Gasteiger partial charge in [-0.3, -0.25) is 20.2 Å². The Morgan fingerprint density at radius 2 is 1.80 bits per heavy atom. The molecule has 3 rings (SSSR count). The molecule has 2 aromatic carbocycles. The third-order valence-corrected chi connectivity index (χ3v) is 4.72. The van der Waals surface area contributed by atoms with Crippen LogP contribution in [0.4, 0.5) is 20.6 Å². The number of thiazole rings is 1. The summed E-state index contributed by atoms with van der Waals surface area (Å²) < 4.78 is 4.58. The fourth-order valence-electron chi connectivity index (χ4n) is 2.42. The lowest BCUT2D eigenvalue weighted by Gasteiger charge is -2.02. The molecule has 0 aliphatic heterocycles. The van der Waals surface area contributed by atoms with Crippen molar-refractivity contribution >= 4 is 45.2 Å². The largest absolute Gasteiger partial charge is 0.453 e. The molecule has 0 fully saturated rings. The molecule has 0 aliphatic carbocycles. The standard InChI is InChI=1S/C20H16N4O5S/c1-29-20(26)23-19-22-17(14-5-3-2-4-6-14)18(30-19)21-16(25)12-9-13-7-10-15(11-8-13)24(27)28/h2-12H,1H3,(H,21,25)(H,22,23,26)/b12-9-. The van der Waals surface area contributed by atoms with Crippen LogP contribution in [0.15, 0.2) is 60.7 Å². The van der Waals surface area contributed by atoms with E-state index in [2.05, 4.69) is 20.4 Å². The number of nitro benzene ring substituents is 1. The first-order valence-electron chi connectivity index (χ1n) is 8.61. The van der Waals surface area contributed by atoms with Crippen LogP contribution in [0, 0.1) is 10.1 Å². The average molecular weight is 424 g/mol. The van der Waals surface area contributed by atoms with Crippen molar-refractivity contribution in [3.8, 4) is 11.3 Å². The molecule has 0 radical (unpaired) electrons. The zero-order chi connectivity index (χ0) is 21.5. The van der Waals surface area contributed by atoms with Crippen molar-refractivity contribution in [2.75, 3.05) is 17.7 Å². The van der Waals surface area contributed by atoms with Gasteiger partial charge in [0.25, 0.3) is 5.69 Å². The molecule has 10 heteroatoms. The van der Waals surface area contributed by atoms with Gasteiger partial charge < -0.3 is 10.1 Å². The minimum absolute atomic E-state index is 0.0283. The molecular formula is C20H16N4O5S. The number of benzene rings is 2. The Morgan fingerprint density at radius 1 is 1.10 bits per heavy atom. The zero-order valence-corrected chi connectivity index (χ0v) is 16.5. The van der Waals surface area contributed by atoms with Gasteiger partial charge in [0, 0.05) is 23.8 Å². The van der Waals surface area contributed by atoms with Gasteiger partial charge in [0.15, 0.2) is 5.13 Å². The fraction of sp³-hybridized carbons (Fsp3) is 0.0500. The normalized spacial score (nSPS) is 10.6. The molecule has 0 bridgehead atoms. The third-order valence-electron chi connectivity index (χ3n) is 3.84. The minimum Gasteiger partial charge on any atom is -0.453 e. The van der Waals surface area contributed by atoms with E-state index in [1.165, 1.54) is 31.4 Å². The summed E-state index contributed by atoms with van der Waals surface area (Å²) in [5.41, 5.74) is 1.88. The fourth-order valence-corrected chi connectivity index (χ4v) is 3.30. The van der Waals surface area contributed by atoms with Crippen LogP contribution in [0.5, 0.6) is 0 Å². The Kier molecular flexibility index (Phi) is 6.50. The molecule has 3 aromatic rings. The van der Waals surface area contributed by atoms with Crippen LogP contribution < -0.4 is 10.6 Å². The van der Waals surface area contributed by atoms with E-state index >= 15 is 0 Å². The van der Waals surface area contributed by atoms with Gasteiger partial charge in [-0.15, -0.1) is 0 Å². The summed E-state index contributed by atoms with van der Waals surface area (Å²) >= 11 is 1.09. The summed E-state index contributed by atoms with van der Waals surface area (Å²) in [5, 5.41) is 16.7. The summed E-state index contributed by atoms with van der Waals surface area (Å²) in [6, 6.07) is 15.0. The minimum atomic E-state index is -0.667. The summed E-state index contributed by atoms with van der Waals surface area (Å²) in [6.07, 6.45) is 2.18. The van der Waals surface area contributed by atoms with E-state index in [4.69, 9.17) is 0 Å². The van der Waals surface area contributed by atoms with Gasteiger partial charge in [-0.05, 0) is 23.8 Å². The van der Waals surface area contributed by atoms with Crippen molar-refractivity contribution in [1.82, 2.24) is 4.98 Å². The first-order valence-corrected chi connectivity index (χ1v) is 9.42. The van der Waals surface area contributed by atoms with Crippen LogP contribution in [0.3, 0.4) is 0 Å². The van der Waals surface area contributed by atoms with Crippen LogP contribution in [0.2, 0.25) is 0 Å². The number of hydrogen-bond donors (Lipinski definition) is 2. The molecule has 0 atom stereocenters. The Morgan fingerprint density at radius 3 is 2.43 bits per heavy atom. The quantitative estimate of drug-likeness (QED) is 0.340. The zero-order valence-electron chi connectivity index (χ0n) is 15.7. The van der Waals surface area contributed by atoms with Crippen molar-refractivity contribution < 1.29 is 19.2 Å². The lowest BCUT2D eigenvalue weighted by molar-refractivity contribution is -0.384. The first-order chi connectivity index (χ1) is 14.5. The second-order valence-electron chi connectivity index (χ2n) is 5.85. The number of nitrogens with one attached hydrogen (secondary N) is 2. The molecule has 1 aromatic heterocycles. The van der Waals surface area contributed by atoms with Crippen LogP contribution >= 0.6 is 11.3 Å². The van der Waals surface area contributed by atoms with Gasteiger partial charge in [0.1, 0.15) is 10.7 Å². The Hall–Kier alpha value is -4.05. The first kappa shape index (κ1) is 20.7. The second-order valence-corrected chi connectivity index (χ2v) is 6.85. The second kappa shape index (κ2) is 9.43. The van der Waals surface area contributed by atoms with Crippen LogP contribution in [0.25, 0.3) is 17.3 Å². The highest BCUT2D eigenvalue weighted by Crippen LogP contribution is 2.36. The highest BCUT2D eigenvalue weighted by molar-refractivity contribution is 7.20. The van der Waals surface area contributed by atoms with E-state index in [1.807, 2.05) is 30.3 Å². The van der Waals surface area contributed by atoms with Crippen LogP contribution in [-0.2, 0) is 9.53 Å². The molecular weight excluding hydrogens is 408 g/mol. The summed E-state index contributed by atoms with van der Waals surface area (Å²) in [7, 11) is 1.24. The van der Waals surface area contributed by atoms with E-state index in [1.54, 1.807) is 12.1 Å². The monoisotopic (exact) mass is 424 g/mol. The number of carbonyl (C=O) groups excluding carboxylic acids is 2. The molecule has 0 aliphatic rings. The maximum atomic E-state index is 12.4. The number of ether oxygens (including phenoxy) is 1. The van der Waals surface area contributed by atoms with Crippen molar-refractivity contribution in [2.45, 2.75) is 0 Å². The van der Waals surface area contributed by atoms with E-state index in [-0.39, 0.29) is 10.8 Å². The molecule has 1 heterocycles. The Balaban J connectivity index is 1.79. The predicted octanol–water partition coefficient (Wildman–Crippen LogP) is 4.55. The molecule has 0 unspecified atom stereocenters. The number of non-ortho nitro benzene ring substituents is 1. The van der Waals surface area contributed by atoms with Gasteiger partial charge in [0.2, 0.25) is 5.91 Å². The van der Waals surface area contributed by atoms with E-state index in [0.29, 0.717) is 16.3 Å². The van der Waals surface area contributed by atoms with Crippen molar-refractivity contribution in [1.29, 1.82) is 0 Å². The van der Waals surface area contributed by atoms with E-state index in [0.717, 1.165) is 16.9 Å². The summed E-state index contributed by atoms with van der Waals surface area (Å²) in [5.74, 6) is -0.418. The molecule has 0 saturated carbocycles. The maximum absolute atomic E-state index is 12.4. The van der Waals surface area contributed by atoms with Gasteiger partial charge in [-0.25, -0.2) is 9.78 Å². The number of nitrogens with zero attached hydrogens (tertiary/aromatic N) is 2. The topological polar surface area (TPSA) is 123 Å². The molecule has 2 amide bonds. The summed E-state index contributed by atoms with van der Waals surface area (Å²) in [6.45, 7) is 0. The molecule has 9 nitrogen and oxygen atoms in total. The number of nitro groups is 1. The molecule has 0 spiro atoms. The average Bonchev–Trinajstić information content (AvgIpc) is 3.14. The van der Waals surface area contributed by atoms with Crippen molar-refractivity contribution in [3.05, 3.63) is 76.4 Å². The van der Waals surface area contributed by atoms with Crippen LogP contribution in [-0.4, -0.2) is 29.0 Å². The SMILES string of the molecule is COC(=O)Nc1nc(-c2ccccc2)c(NC(=O)/C=C\c2ccc([N+](=O)[O-])cc2)s1. The van der Waals surface area contributed by atoms with Gasteiger partial charge in [0.05, 0.1) is 12.0 Å². The molecule has 2 N–H and O–H groups in total. The number of methoxy groups -OCH3 is 1. The van der Waals surface area contributed by atoms with Crippen molar-refractivity contribution in [2.24, 2.45) is 0 Å². The highest BCUT2D eigenvalue weighted by Gasteiger charge is 2.16. The van der Waals surface area contributed by atoms with E-state index < -0.39 is 16.9 Å². The maximum Gasteiger partial charge on any atom is 0.413 e. The lowest BCUT2D eigenvalue weighted by atomic mass is 10.1. The Bertz CT molecular complexity index is 1090. The molecule has 30 heavy (non-hydrogen) atoms. The molecule has 0 saturated heterocycles. The lowest BCUT2D eigenvalue weighted by Crippen LogP contribution is -2.10. The van der Waals surface area contributed by atoms with Crippen LogP contribution in [0.1, 0.15) is 5.56 Å². The van der Waals surface area contributed by atoms with Gasteiger partial charge >= 0.3 is 6.09 Å². The van der Waals surface area contributed by atoms with Gasteiger partial charge in [-0.1, -0.05) is 41.7 Å². The number of aromatic nitrogens is 1. The number of anilines is 2. The Labute approximate surface area is 175 Å². The molecule has 152 valence electrons. The summed E-state index contributed by atoms with van der Waals surface area (Å²) in [4.78, 5) is 38.5. The van der Waals surface area contributed by atoms with E-state index in [9.17, 15) is 19.7 Å². The third kappa shape index (κ3) is 5.26. The number of carbonyl (C=O) groups is 2. The number of rotatable bonds is 6. The number of hydrogen-bond acceptors (Lipinski definition) is 7. The van der Waals surface area contributed by atoms with Gasteiger partial charge in [-0.2, -0.15) is 0 Å². The smallest absolute Gasteiger partial charge is 0.413 e. The highest BCUT2D eigenvalue weighted by atomic mass is 32.1. The van der Waals surface area contributed by atoms with Crippen molar-refractivity contribution in [3.63, 3.8) is 0 Å². The predicted molar refractivity (Wildman–Crippen MR) is 114 cm³/mol. The number of amides is 2.